The molecule has 0 aliphatic heterocycles. The number of halogens is 6. The van der Waals surface area contributed by atoms with Crippen LogP contribution in [0.5, 0.6) is 0 Å². The van der Waals surface area contributed by atoms with Gasteiger partial charge in [0.05, 0.1) is 18.5 Å². The third-order valence-electron chi connectivity index (χ3n) is 1.75. The first kappa shape index (κ1) is 33.2. The van der Waals surface area contributed by atoms with E-state index >= 15 is 0 Å². The standard InChI is InChI=1S/C8H16O2.2C2HCl3O2.Ni/c1-3-5-6-7-8(9)10-4-2;2*3-2(4,5)1(6)7;/h3-7H2,1-2H3;2*(H,6,7);/q;;;+2/p-2. The van der Waals surface area contributed by atoms with Crippen molar-refractivity contribution < 1.29 is 45.8 Å². The predicted octanol–water partition coefficient (Wildman–Crippen LogP) is 2.34. The Balaban J connectivity index is -0.000000133. The van der Waals surface area contributed by atoms with Crippen LogP contribution >= 0.6 is 69.6 Å². The largest absolute Gasteiger partial charge is 2.00 e. The Hall–Kier alpha value is 0.644. The molecular formula is C12H16Cl6NiO6. The second kappa shape index (κ2) is 18.0. The summed E-state index contributed by atoms with van der Waals surface area (Å²) in [5.41, 5.74) is 0. The summed E-state index contributed by atoms with van der Waals surface area (Å²) < 4.78 is 0.194. The van der Waals surface area contributed by atoms with Gasteiger partial charge in [0.25, 0.3) is 0 Å². The number of unbranched alkanes of at least 4 members (excludes halogenated alkanes) is 2. The molecule has 0 aromatic carbocycles. The van der Waals surface area contributed by atoms with Crippen molar-refractivity contribution in [3.63, 3.8) is 0 Å². The normalized spacial score (nSPS) is 10.1. The molecule has 6 nitrogen and oxygen atoms in total. The van der Waals surface area contributed by atoms with Crippen molar-refractivity contribution in [3.05, 3.63) is 0 Å². The fourth-order valence-electron chi connectivity index (χ4n) is 0.752. The summed E-state index contributed by atoms with van der Waals surface area (Å²) in [5.74, 6) is -3.48. The van der Waals surface area contributed by atoms with Crippen LogP contribution in [-0.2, 0) is 35.6 Å². The van der Waals surface area contributed by atoms with Crippen molar-refractivity contribution in [1.82, 2.24) is 0 Å². The van der Waals surface area contributed by atoms with Gasteiger partial charge >= 0.3 is 22.5 Å². The van der Waals surface area contributed by atoms with Gasteiger partial charge in [-0.05, 0) is 13.3 Å². The second-order valence-electron chi connectivity index (χ2n) is 3.83. The summed E-state index contributed by atoms with van der Waals surface area (Å²) in [5, 5.41) is 19.0. The van der Waals surface area contributed by atoms with Crippen LogP contribution in [0.1, 0.15) is 39.5 Å². The maximum Gasteiger partial charge on any atom is 2.00 e. The zero-order valence-electron chi connectivity index (χ0n) is 13.1. The number of aliphatic carboxylic acids is 2. The molecule has 0 atom stereocenters. The number of rotatable bonds is 5. The minimum atomic E-state index is -2.28. The van der Waals surface area contributed by atoms with E-state index in [1.54, 1.807) is 0 Å². The van der Waals surface area contributed by atoms with E-state index in [2.05, 4.69) is 6.92 Å². The quantitative estimate of drug-likeness (QED) is 0.235. The van der Waals surface area contributed by atoms with Gasteiger partial charge in [-0.25, -0.2) is 0 Å². The molecule has 0 radical (unpaired) electrons. The number of hydrogen-bond donors (Lipinski definition) is 0. The SMILES string of the molecule is CCCCCC(=O)OCC.O=C([O-])C(Cl)(Cl)Cl.O=C([O-])C(Cl)(Cl)Cl.[Ni+2]. The van der Waals surface area contributed by atoms with Gasteiger partial charge in [0.1, 0.15) is 0 Å². The van der Waals surface area contributed by atoms with Crippen LogP contribution in [0.25, 0.3) is 0 Å². The van der Waals surface area contributed by atoms with E-state index in [4.69, 9.17) is 74.3 Å². The molecule has 0 aromatic heterocycles. The van der Waals surface area contributed by atoms with Gasteiger partial charge in [0, 0.05) is 6.42 Å². The third-order valence-corrected chi connectivity index (χ3v) is 2.68. The fraction of sp³-hybridized carbons (Fsp3) is 0.750. The van der Waals surface area contributed by atoms with Crippen molar-refractivity contribution in [3.8, 4) is 0 Å². The van der Waals surface area contributed by atoms with E-state index in [1.807, 2.05) is 6.92 Å². The second-order valence-corrected chi connectivity index (χ2v) is 8.40. The fourth-order valence-corrected chi connectivity index (χ4v) is 0.752. The molecule has 0 bridgehead atoms. The van der Waals surface area contributed by atoms with Gasteiger partial charge in [0.15, 0.2) is 0 Å². The molecule has 0 fully saturated rings. The van der Waals surface area contributed by atoms with Crippen molar-refractivity contribution in [2.75, 3.05) is 6.61 Å². The average molecular weight is 528 g/mol. The number of hydrogen-bond acceptors (Lipinski definition) is 6. The molecule has 0 amide bonds. The Bertz CT molecular complexity index is 359. The van der Waals surface area contributed by atoms with Crippen molar-refractivity contribution >= 4 is 87.5 Å². The van der Waals surface area contributed by atoms with Crippen LogP contribution in [-0.4, -0.2) is 32.1 Å². The molecule has 13 heteroatoms. The van der Waals surface area contributed by atoms with Crippen LogP contribution < -0.4 is 10.2 Å². The van der Waals surface area contributed by atoms with Gasteiger partial charge in [-0.2, -0.15) is 0 Å². The van der Waals surface area contributed by atoms with E-state index in [1.165, 1.54) is 0 Å². The summed E-state index contributed by atoms with van der Waals surface area (Å²) >= 11 is 28.4. The van der Waals surface area contributed by atoms with Crippen LogP contribution in [0, 0.1) is 0 Å². The maximum atomic E-state index is 10.7. The number of carboxylic acid groups (broad SMARTS) is 2. The monoisotopic (exact) mass is 524 g/mol. The van der Waals surface area contributed by atoms with Crippen LogP contribution in [0.2, 0.25) is 0 Å². The minimum Gasteiger partial charge on any atom is -0.545 e. The number of carbonyl (C=O) groups is 3. The van der Waals surface area contributed by atoms with Gasteiger partial charge in [-0.3, -0.25) is 4.79 Å². The summed E-state index contributed by atoms with van der Waals surface area (Å²) in [4.78, 5) is 29.7. The number of esters is 1. The summed E-state index contributed by atoms with van der Waals surface area (Å²) in [6.07, 6.45) is 3.83. The molecule has 0 heterocycles. The zero-order chi connectivity index (χ0) is 20.0. The Kier molecular flexibility index (Phi) is 24.0. The van der Waals surface area contributed by atoms with Gasteiger partial charge in [-0.15, -0.1) is 0 Å². The molecule has 0 unspecified atom stereocenters. The summed E-state index contributed by atoms with van der Waals surface area (Å²) in [6.45, 7) is 4.45. The number of ether oxygens (including phenoxy) is 1. The number of alkyl halides is 6. The van der Waals surface area contributed by atoms with E-state index in [0.29, 0.717) is 13.0 Å². The van der Waals surface area contributed by atoms with Gasteiger partial charge in [-0.1, -0.05) is 89.4 Å². The number of carbonyl (C=O) groups excluding carboxylic acids is 3. The Morgan fingerprint density at radius 2 is 1.16 bits per heavy atom. The molecule has 25 heavy (non-hydrogen) atoms. The molecule has 0 N–H and O–H groups in total. The Labute approximate surface area is 186 Å². The molecule has 0 saturated heterocycles. The summed E-state index contributed by atoms with van der Waals surface area (Å²) in [6, 6.07) is 0. The van der Waals surface area contributed by atoms with E-state index < -0.39 is 19.5 Å². The zero-order valence-corrected chi connectivity index (χ0v) is 18.6. The topological polar surface area (TPSA) is 107 Å². The van der Waals surface area contributed by atoms with Crippen LogP contribution in [0.4, 0.5) is 0 Å². The smallest absolute Gasteiger partial charge is 0.545 e. The average Bonchev–Trinajstić information content (AvgIpc) is 2.38. The number of carboxylic acids is 2. The molecule has 0 spiro atoms. The van der Waals surface area contributed by atoms with Crippen molar-refractivity contribution in [2.45, 2.75) is 47.1 Å². The van der Waals surface area contributed by atoms with Crippen molar-refractivity contribution in [2.24, 2.45) is 0 Å². The molecular weight excluding hydrogens is 512 g/mol. The van der Waals surface area contributed by atoms with Crippen LogP contribution in [0.3, 0.4) is 0 Å². The molecule has 0 aliphatic carbocycles. The maximum absolute atomic E-state index is 10.7. The Morgan fingerprint density at radius 3 is 1.36 bits per heavy atom. The summed E-state index contributed by atoms with van der Waals surface area (Å²) in [7, 11) is 0. The first-order valence-corrected chi connectivity index (χ1v) is 8.68. The molecule has 0 aromatic rings. The molecule has 152 valence electrons. The van der Waals surface area contributed by atoms with Gasteiger partial charge in [0.2, 0.25) is 7.59 Å². The van der Waals surface area contributed by atoms with E-state index in [0.717, 1.165) is 19.3 Å². The third kappa shape index (κ3) is 29.6. The molecule has 0 saturated carbocycles. The van der Waals surface area contributed by atoms with E-state index in [-0.39, 0.29) is 22.5 Å². The van der Waals surface area contributed by atoms with E-state index in [9.17, 15) is 24.6 Å². The van der Waals surface area contributed by atoms with Gasteiger partial charge < -0.3 is 24.5 Å². The first-order valence-electron chi connectivity index (χ1n) is 6.42. The predicted molar refractivity (Wildman–Crippen MR) is 91.4 cm³/mol. The molecule has 0 rings (SSSR count). The Morgan fingerprint density at radius 1 is 0.840 bits per heavy atom. The first-order chi connectivity index (χ1) is 10.7. The molecule has 0 aliphatic rings. The van der Waals surface area contributed by atoms with Crippen LogP contribution in [0.15, 0.2) is 0 Å². The minimum absolute atomic E-state index is 0. The van der Waals surface area contributed by atoms with Crippen molar-refractivity contribution in [1.29, 1.82) is 0 Å².